The van der Waals surface area contributed by atoms with Crippen LogP contribution in [0, 0.1) is 0 Å². The van der Waals surface area contributed by atoms with E-state index in [1.54, 1.807) is 24.3 Å². The van der Waals surface area contributed by atoms with Crippen LogP contribution < -0.4 is 0 Å². The summed E-state index contributed by atoms with van der Waals surface area (Å²) in [5.41, 5.74) is 0. The second-order valence-electron chi connectivity index (χ2n) is 1.45. The quantitative estimate of drug-likeness (QED) is 0.626. The van der Waals surface area contributed by atoms with Gasteiger partial charge in [-0.1, -0.05) is 23.7 Å². The van der Waals surface area contributed by atoms with E-state index in [-0.39, 0.29) is 5.75 Å². The Kier molecular flexibility index (Phi) is 4.33. The molecule has 0 aliphatic rings. The molecule has 0 spiro atoms. The van der Waals surface area contributed by atoms with E-state index in [0.717, 1.165) is 0 Å². The number of carbonyl (C=O) groups excluding carboxylic acids is 1. The SMILES string of the molecule is C=O.Oc1ccccc1Cl. The van der Waals surface area contributed by atoms with E-state index < -0.39 is 0 Å². The summed E-state index contributed by atoms with van der Waals surface area (Å²) >= 11 is 5.46. The van der Waals surface area contributed by atoms with Crippen molar-refractivity contribution in [2.24, 2.45) is 0 Å². The maximum atomic E-state index is 8.79. The number of phenolic OH excluding ortho intramolecular Hbond substituents is 1. The van der Waals surface area contributed by atoms with Gasteiger partial charge in [-0.15, -0.1) is 0 Å². The van der Waals surface area contributed by atoms with Crippen LogP contribution in [0.1, 0.15) is 0 Å². The number of para-hydroxylation sites is 1. The molecule has 1 aromatic carbocycles. The van der Waals surface area contributed by atoms with Crippen molar-refractivity contribution in [3.05, 3.63) is 29.3 Å². The van der Waals surface area contributed by atoms with Crippen LogP contribution in [0.4, 0.5) is 0 Å². The minimum Gasteiger partial charge on any atom is -0.506 e. The zero-order valence-electron chi connectivity index (χ0n) is 5.25. The Bertz CT molecular complexity index is 180. The highest BCUT2D eigenvalue weighted by Crippen LogP contribution is 2.20. The molecule has 54 valence electrons. The standard InChI is InChI=1S/C6H5ClO.CH2O/c7-5-3-1-2-4-6(5)8;1-2/h1-4,8H;1H2. The van der Waals surface area contributed by atoms with E-state index in [2.05, 4.69) is 0 Å². The molecule has 1 rings (SSSR count). The summed E-state index contributed by atoms with van der Waals surface area (Å²) in [5.74, 6) is 0.133. The van der Waals surface area contributed by atoms with Crippen LogP contribution in [-0.4, -0.2) is 11.9 Å². The maximum absolute atomic E-state index is 8.79. The molecule has 0 radical (unpaired) electrons. The van der Waals surface area contributed by atoms with Gasteiger partial charge in [-0.25, -0.2) is 0 Å². The number of phenols is 1. The molecule has 0 amide bonds. The fraction of sp³-hybridized carbons (Fsp3) is 0. The van der Waals surface area contributed by atoms with Crippen molar-refractivity contribution in [3.63, 3.8) is 0 Å². The molecule has 2 nitrogen and oxygen atoms in total. The first-order chi connectivity index (χ1) is 4.80. The van der Waals surface area contributed by atoms with E-state index >= 15 is 0 Å². The number of aromatic hydroxyl groups is 1. The second kappa shape index (κ2) is 4.82. The van der Waals surface area contributed by atoms with Crippen LogP contribution in [-0.2, 0) is 4.79 Å². The zero-order chi connectivity index (χ0) is 7.98. The van der Waals surface area contributed by atoms with Gasteiger partial charge in [0.15, 0.2) is 0 Å². The van der Waals surface area contributed by atoms with Crippen molar-refractivity contribution in [2.75, 3.05) is 0 Å². The van der Waals surface area contributed by atoms with Crippen LogP contribution in [0.5, 0.6) is 5.75 Å². The maximum Gasteiger partial charge on any atom is 0.134 e. The monoisotopic (exact) mass is 158 g/mol. The molecule has 1 N–H and O–H groups in total. The summed E-state index contributed by atoms with van der Waals surface area (Å²) in [6.07, 6.45) is 0. The second-order valence-corrected chi connectivity index (χ2v) is 1.86. The predicted octanol–water partition coefficient (Wildman–Crippen LogP) is 1.86. The van der Waals surface area contributed by atoms with Gasteiger partial charge >= 0.3 is 0 Å². The molecule has 0 unspecified atom stereocenters. The number of hydrogen-bond acceptors (Lipinski definition) is 2. The van der Waals surface area contributed by atoms with Gasteiger partial charge in [0.2, 0.25) is 0 Å². The Balaban J connectivity index is 0.000000371. The molecule has 0 aliphatic heterocycles. The lowest BCUT2D eigenvalue weighted by Crippen LogP contribution is -1.62. The Labute approximate surface area is 64.1 Å². The van der Waals surface area contributed by atoms with E-state index in [4.69, 9.17) is 21.5 Å². The number of rotatable bonds is 0. The van der Waals surface area contributed by atoms with Gasteiger partial charge in [0.1, 0.15) is 12.5 Å². The van der Waals surface area contributed by atoms with Gasteiger partial charge in [-0.05, 0) is 12.1 Å². The highest BCUT2D eigenvalue weighted by molar-refractivity contribution is 6.31. The van der Waals surface area contributed by atoms with Gasteiger partial charge in [0.05, 0.1) is 5.02 Å². The van der Waals surface area contributed by atoms with Crippen molar-refractivity contribution in [1.29, 1.82) is 0 Å². The molecule has 1 aromatic rings. The summed E-state index contributed by atoms with van der Waals surface area (Å²) in [7, 11) is 0. The highest BCUT2D eigenvalue weighted by Gasteiger charge is 1.89. The van der Waals surface area contributed by atoms with Crippen LogP contribution in [0.25, 0.3) is 0 Å². The van der Waals surface area contributed by atoms with Crippen LogP contribution >= 0.6 is 11.6 Å². The smallest absolute Gasteiger partial charge is 0.134 e. The van der Waals surface area contributed by atoms with Gasteiger partial charge in [0.25, 0.3) is 0 Å². The Hall–Kier alpha value is -1.02. The van der Waals surface area contributed by atoms with Crippen LogP contribution in [0.3, 0.4) is 0 Å². The lowest BCUT2D eigenvalue weighted by molar-refractivity contribution is -0.0979. The van der Waals surface area contributed by atoms with E-state index in [9.17, 15) is 0 Å². The molecule has 0 saturated carbocycles. The molecule has 0 aliphatic carbocycles. The minimum absolute atomic E-state index is 0.133. The summed E-state index contributed by atoms with van der Waals surface area (Å²) < 4.78 is 0. The third-order valence-corrected chi connectivity index (χ3v) is 1.17. The minimum atomic E-state index is 0.133. The Morgan fingerprint density at radius 3 is 2.10 bits per heavy atom. The first kappa shape index (κ1) is 8.98. The Morgan fingerprint density at radius 1 is 1.30 bits per heavy atom. The summed E-state index contributed by atoms with van der Waals surface area (Å²) in [6, 6.07) is 6.67. The number of halogens is 1. The number of hydrogen-bond donors (Lipinski definition) is 1. The van der Waals surface area contributed by atoms with Crippen molar-refractivity contribution < 1.29 is 9.90 Å². The van der Waals surface area contributed by atoms with Gasteiger partial charge in [0, 0.05) is 0 Å². The summed E-state index contributed by atoms with van der Waals surface area (Å²) in [5, 5.41) is 9.18. The molecule has 0 fully saturated rings. The lowest BCUT2D eigenvalue weighted by atomic mass is 10.3. The summed E-state index contributed by atoms with van der Waals surface area (Å²) in [4.78, 5) is 8.00. The predicted molar refractivity (Wildman–Crippen MR) is 40.2 cm³/mol. The fourth-order valence-electron chi connectivity index (χ4n) is 0.452. The Morgan fingerprint density at radius 2 is 1.80 bits per heavy atom. The molecular formula is C7H7ClO2. The van der Waals surface area contributed by atoms with Gasteiger partial charge in [-0.3, -0.25) is 0 Å². The number of benzene rings is 1. The van der Waals surface area contributed by atoms with Crippen molar-refractivity contribution >= 4 is 18.4 Å². The molecule has 0 bridgehead atoms. The van der Waals surface area contributed by atoms with Crippen molar-refractivity contribution in [1.82, 2.24) is 0 Å². The van der Waals surface area contributed by atoms with Crippen LogP contribution in [0.15, 0.2) is 24.3 Å². The van der Waals surface area contributed by atoms with E-state index in [0.29, 0.717) is 5.02 Å². The van der Waals surface area contributed by atoms with Crippen LogP contribution in [0.2, 0.25) is 5.02 Å². The fourth-order valence-corrected chi connectivity index (χ4v) is 0.587. The van der Waals surface area contributed by atoms with Crippen molar-refractivity contribution in [2.45, 2.75) is 0 Å². The molecular weight excluding hydrogens is 152 g/mol. The van der Waals surface area contributed by atoms with Gasteiger partial charge in [-0.2, -0.15) is 0 Å². The van der Waals surface area contributed by atoms with E-state index in [1.807, 2.05) is 6.79 Å². The summed E-state index contributed by atoms with van der Waals surface area (Å²) in [6.45, 7) is 2.00. The average molecular weight is 159 g/mol. The first-order valence-electron chi connectivity index (χ1n) is 2.53. The van der Waals surface area contributed by atoms with E-state index in [1.165, 1.54) is 0 Å². The normalized spacial score (nSPS) is 7.70. The first-order valence-corrected chi connectivity index (χ1v) is 2.91. The third-order valence-electron chi connectivity index (χ3n) is 0.852. The third kappa shape index (κ3) is 2.51. The molecule has 10 heavy (non-hydrogen) atoms. The molecule has 0 aromatic heterocycles. The molecule has 3 heteroatoms. The molecule has 0 atom stereocenters. The van der Waals surface area contributed by atoms with Gasteiger partial charge < -0.3 is 9.90 Å². The lowest BCUT2D eigenvalue weighted by Gasteiger charge is -1.89. The number of carbonyl (C=O) groups is 1. The average Bonchev–Trinajstić information content (AvgIpc) is 2.00. The molecule has 0 heterocycles. The highest BCUT2D eigenvalue weighted by atomic mass is 35.5. The largest absolute Gasteiger partial charge is 0.506 e. The topological polar surface area (TPSA) is 37.3 Å². The van der Waals surface area contributed by atoms with Crippen molar-refractivity contribution in [3.8, 4) is 5.75 Å². The zero-order valence-corrected chi connectivity index (χ0v) is 6.01. The molecule has 0 saturated heterocycles.